The molecule has 2 aromatic heterocycles. The molecule has 0 spiro atoms. The minimum Gasteiger partial charge on any atom is -0.303 e. The highest BCUT2D eigenvalue weighted by Gasteiger charge is 2.67. The van der Waals surface area contributed by atoms with Gasteiger partial charge in [-0.1, -0.05) is 23.8 Å². The molecule has 4 aromatic rings. The van der Waals surface area contributed by atoms with Gasteiger partial charge < -0.3 is 4.57 Å². The van der Waals surface area contributed by atoms with Crippen molar-refractivity contribution in [3.05, 3.63) is 108 Å². The SMILES string of the molecule is Cc1ccc(S(=O)(=O)[C@H]2CCC3Cc4c(ncn4-c4ccc(F)cc4)C[C@]3(C3(c4ccccn4)CC3)C2)cc1. The van der Waals surface area contributed by atoms with E-state index in [2.05, 4.69) is 16.7 Å². The van der Waals surface area contributed by atoms with Gasteiger partial charge in [-0.15, -0.1) is 0 Å². The zero-order chi connectivity index (χ0) is 26.8. The molecular formula is C32H32FN3O2S. The van der Waals surface area contributed by atoms with E-state index in [1.54, 1.807) is 24.3 Å². The van der Waals surface area contributed by atoms with Gasteiger partial charge in [0.1, 0.15) is 5.82 Å². The Kier molecular flexibility index (Phi) is 5.60. The van der Waals surface area contributed by atoms with Crippen molar-refractivity contribution in [2.75, 3.05) is 0 Å². The Labute approximate surface area is 229 Å². The lowest BCUT2D eigenvalue weighted by Gasteiger charge is -2.54. The normalized spacial score (nSPS) is 25.5. The summed E-state index contributed by atoms with van der Waals surface area (Å²) in [6.07, 6.45) is 9.44. The van der Waals surface area contributed by atoms with Crippen LogP contribution < -0.4 is 0 Å². The molecule has 3 aliphatic carbocycles. The van der Waals surface area contributed by atoms with Crippen LogP contribution in [0, 0.1) is 24.1 Å². The summed E-state index contributed by atoms with van der Waals surface area (Å²) in [5.41, 5.74) is 4.86. The first-order chi connectivity index (χ1) is 18.8. The predicted molar refractivity (Wildman–Crippen MR) is 148 cm³/mol. The Morgan fingerprint density at radius 1 is 0.949 bits per heavy atom. The van der Waals surface area contributed by atoms with Gasteiger partial charge >= 0.3 is 0 Å². The summed E-state index contributed by atoms with van der Waals surface area (Å²) in [6, 6.07) is 20.0. The van der Waals surface area contributed by atoms with E-state index in [1.165, 1.54) is 17.8 Å². The Hall–Kier alpha value is -3.32. The van der Waals surface area contributed by atoms with Gasteiger partial charge in [-0.05, 0) is 112 Å². The van der Waals surface area contributed by atoms with Crippen molar-refractivity contribution in [1.82, 2.24) is 14.5 Å². The van der Waals surface area contributed by atoms with Crippen LogP contribution in [0.25, 0.3) is 5.69 Å². The molecule has 3 aliphatic rings. The number of fused-ring (bicyclic) bond motifs is 2. The molecule has 7 rings (SSSR count). The summed E-state index contributed by atoms with van der Waals surface area (Å²) in [5, 5.41) is -0.432. The Morgan fingerprint density at radius 3 is 2.41 bits per heavy atom. The van der Waals surface area contributed by atoms with E-state index >= 15 is 0 Å². The second-order valence-corrected chi connectivity index (χ2v) is 14.0. The zero-order valence-corrected chi connectivity index (χ0v) is 22.9. The molecule has 39 heavy (non-hydrogen) atoms. The average molecular weight is 542 g/mol. The molecule has 3 atom stereocenters. The molecule has 200 valence electrons. The van der Waals surface area contributed by atoms with Crippen LogP contribution in [0.4, 0.5) is 4.39 Å². The monoisotopic (exact) mass is 541 g/mol. The van der Waals surface area contributed by atoms with Crippen LogP contribution in [0.5, 0.6) is 0 Å². The van der Waals surface area contributed by atoms with Crippen molar-refractivity contribution in [3.8, 4) is 5.69 Å². The lowest BCUT2D eigenvalue weighted by molar-refractivity contribution is 0.0345. The minimum absolute atomic E-state index is 0.141. The first-order valence-electron chi connectivity index (χ1n) is 13.9. The van der Waals surface area contributed by atoms with Crippen LogP contribution in [-0.4, -0.2) is 28.2 Å². The number of hydrogen-bond donors (Lipinski definition) is 0. The van der Waals surface area contributed by atoms with Crippen LogP contribution in [0.2, 0.25) is 0 Å². The Bertz CT molecular complexity index is 1630. The van der Waals surface area contributed by atoms with E-state index in [1.807, 2.05) is 37.6 Å². The van der Waals surface area contributed by atoms with Gasteiger partial charge in [-0.3, -0.25) is 4.98 Å². The smallest absolute Gasteiger partial charge is 0.181 e. The quantitative estimate of drug-likeness (QED) is 0.303. The van der Waals surface area contributed by atoms with Crippen molar-refractivity contribution in [1.29, 1.82) is 0 Å². The molecule has 0 amide bonds. The van der Waals surface area contributed by atoms with E-state index in [4.69, 9.17) is 9.97 Å². The predicted octanol–water partition coefficient (Wildman–Crippen LogP) is 6.17. The highest BCUT2D eigenvalue weighted by atomic mass is 32.2. The van der Waals surface area contributed by atoms with Crippen molar-refractivity contribution in [3.63, 3.8) is 0 Å². The molecule has 2 fully saturated rings. The maximum Gasteiger partial charge on any atom is 0.181 e. The molecule has 1 unspecified atom stereocenters. The maximum absolute atomic E-state index is 14.0. The Balaban J connectivity index is 1.33. The second-order valence-electron chi connectivity index (χ2n) is 11.8. The summed E-state index contributed by atoms with van der Waals surface area (Å²) in [7, 11) is -3.48. The van der Waals surface area contributed by atoms with Gasteiger partial charge in [-0.25, -0.2) is 17.8 Å². The van der Waals surface area contributed by atoms with Gasteiger partial charge in [0.05, 0.1) is 22.2 Å². The van der Waals surface area contributed by atoms with E-state index < -0.39 is 15.1 Å². The first-order valence-corrected chi connectivity index (χ1v) is 15.4. The molecule has 0 saturated heterocycles. The summed E-state index contributed by atoms with van der Waals surface area (Å²) < 4.78 is 43.7. The third-order valence-corrected chi connectivity index (χ3v) is 12.0. The number of nitrogens with zero attached hydrogens (tertiary/aromatic N) is 3. The van der Waals surface area contributed by atoms with E-state index in [9.17, 15) is 12.8 Å². The lowest BCUT2D eigenvalue weighted by Crippen LogP contribution is -2.53. The van der Waals surface area contributed by atoms with E-state index in [-0.39, 0.29) is 16.6 Å². The highest BCUT2D eigenvalue weighted by Crippen LogP contribution is 2.69. The standard InChI is InChI=1S/C32H32FN3O2S/c1-22-5-12-26(13-6-22)39(37,38)27-14-7-23-18-29-28(35-21-36(29)25-10-8-24(33)9-11-25)20-32(23,19-27)31(15-16-31)30-4-2-3-17-34-30/h2-6,8-13,17,21,23,27H,7,14-16,18-20H2,1H3/t23?,27-,32+/m0/s1. The van der Waals surface area contributed by atoms with Crippen LogP contribution in [0.1, 0.15) is 54.7 Å². The van der Waals surface area contributed by atoms with Crippen molar-refractivity contribution in [2.45, 2.75) is 67.4 Å². The van der Waals surface area contributed by atoms with Crippen LogP contribution >= 0.6 is 0 Å². The molecule has 0 radical (unpaired) electrons. The number of benzene rings is 2. The number of aromatic nitrogens is 3. The molecular weight excluding hydrogens is 509 g/mol. The van der Waals surface area contributed by atoms with Crippen molar-refractivity contribution >= 4 is 9.84 Å². The van der Waals surface area contributed by atoms with Gasteiger partial charge in [0, 0.05) is 28.7 Å². The number of sulfone groups is 1. The van der Waals surface area contributed by atoms with Gasteiger partial charge in [0.15, 0.2) is 9.84 Å². The topological polar surface area (TPSA) is 64.8 Å². The molecule has 5 nitrogen and oxygen atoms in total. The van der Waals surface area contributed by atoms with Gasteiger partial charge in [0.2, 0.25) is 0 Å². The van der Waals surface area contributed by atoms with Gasteiger partial charge in [-0.2, -0.15) is 0 Å². The number of hydrogen-bond acceptors (Lipinski definition) is 4. The number of pyridine rings is 1. The van der Waals surface area contributed by atoms with Crippen LogP contribution in [0.15, 0.2) is 84.1 Å². The van der Waals surface area contributed by atoms with E-state index in [0.717, 1.165) is 54.7 Å². The first kappa shape index (κ1) is 24.7. The molecule has 7 heteroatoms. The number of aryl methyl sites for hydroxylation is 1. The fourth-order valence-electron chi connectivity index (χ4n) is 7.70. The number of halogens is 1. The third-order valence-electron chi connectivity index (χ3n) is 9.84. The van der Waals surface area contributed by atoms with Crippen LogP contribution in [0.3, 0.4) is 0 Å². The second kappa shape index (κ2) is 8.85. The summed E-state index contributed by atoms with van der Waals surface area (Å²) in [6.45, 7) is 1.98. The Morgan fingerprint density at radius 2 is 1.72 bits per heavy atom. The minimum atomic E-state index is -3.48. The van der Waals surface area contributed by atoms with Crippen LogP contribution in [-0.2, 0) is 28.1 Å². The zero-order valence-electron chi connectivity index (χ0n) is 22.1. The molecule has 2 heterocycles. The molecule has 0 bridgehead atoms. The van der Waals surface area contributed by atoms with Crippen molar-refractivity contribution in [2.24, 2.45) is 11.3 Å². The van der Waals surface area contributed by atoms with Gasteiger partial charge in [0.25, 0.3) is 0 Å². The molecule has 2 saturated carbocycles. The van der Waals surface area contributed by atoms with Crippen molar-refractivity contribution < 1.29 is 12.8 Å². The third kappa shape index (κ3) is 3.80. The maximum atomic E-state index is 14.0. The molecule has 0 aliphatic heterocycles. The molecule has 2 aromatic carbocycles. The fourth-order valence-corrected chi connectivity index (χ4v) is 9.57. The fraction of sp³-hybridized carbons (Fsp3) is 0.375. The summed E-state index contributed by atoms with van der Waals surface area (Å²) in [4.78, 5) is 10.1. The average Bonchev–Trinajstić information content (AvgIpc) is 3.68. The largest absolute Gasteiger partial charge is 0.303 e. The highest BCUT2D eigenvalue weighted by molar-refractivity contribution is 7.92. The van der Waals surface area contributed by atoms with E-state index in [0.29, 0.717) is 23.7 Å². The number of imidazole rings is 1. The summed E-state index contributed by atoms with van der Waals surface area (Å²) in [5.74, 6) is 0.0563. The summed E-state index contributed by atoms with van der Waals surface area (Å²) >= 11 is 0. The molecule has 0 N–H and O–H groups in total. The lowest BCUT2D eigenvalue weighted by atomic mass is 9.52. The number of rotatable bonds is 5.